The average Bonchev–Trinajstić information content (AvgIpc) is 2.64. The minimum Gasteiger partial charge on any atom is -0.481 e. The molecule has 1 aromatic carbocycles. The number of carbonyl (C=O) groups excluding carboxylic acids is 1. The number of unbranched alkanes of at least 4 members (excludes halogenated alkanes) is 1. The molecule has 1 saturated heterocycles. The summed E-state index contributed by atoms with van der Waals surface area (Å²) in [6.45, 7) is 3.77. The fraction of sp³-hybridized carbons (Fsp3) is 0.600. The molecule has 0 saturated carbocycles. The van der Waals surface area contributed by atoms with E-state index in [-0.39, 0.29) is 23.7 Å². The highest BCUT2D eigenvalue weighted by molar-refractivity contribution is 5.74. The summed E-state index contributed by atoms with van der Waals surface area (Å²) in [6.07, 6.45) is 4.79. The molecule has 0 aromatic heterocycles. The van der Waals surface area contributed by atoms with Crippen LogP contribution in [-0.2, 0) is 11.2 Å². The Morgan fingerprint density at radius 3 is 2.50 bits per heavy atom. The molecule has 2 N–H and O–H groups in total. The number of rotatable bonds is 8. The molecule has 1 aliphatic rings. The van der Waals surface area contributed by atoms with E-state index >= 15 is 0 Å². The Kier molecular flexibility index (Phi) is 7.88. The zero-order valence-corrected chi connectivity index (χ0v) is 15.4. The summed E-state index contributed by atoms with van der Waals surface area (Å²) in [5, 5.41) is 12.3. The molecule has 1 fully saturated rings. The normalized spacial score (nSPS) is 16.3. The highest BCUT2D eigenvalue weighted by atomic mass is 19.1. The van der Waals surface area contributed by atoms with Crippen LogP contribution in [0.15, 0.2) is 24.3 Å². The summed E-state index contributed by atoms with van der Waals surface area (Å²) in [6, 6.07) is 6.16. The number of carboxylic acids is 1. The van der Waals surface area contributed by atoms with Crippen molar-refractivity contribution < 1.29 is 19.1 Å². The smallest absolute Gasteiger partial charge is 0.317 e. The van der Waals surface area contributed by atoms with Gasteiger partial charge in [-0.05, 0) is 49.3 Å². The van der Waals surface area contributed by atoms with E-state index in [1.54, 1.807) is 17.0 Å². The maximum absolute atomic E-state index is 12.9. The predicted octanol–water partition coefficient (Wildman–Crippen LogP) is 3.68. The molecule has 26 heavy (non-hydrogen) atoms. The van der Waals surface area contributed by atoms with Gasteiger partial charge in [-0.2, -0.15) is 0 Å². The second-order valence-electron chi connectivity index (χ2n) is 7.02. The van der Waals surface area contributed by atoms with Crippen molar-refractivity contribution in [1.29, 1.82) is 0 Å². The minimum atomic E-state index is -0.708. The van der Waals surface area contributed by atoms with E-state index in [4.69, 9.17) is 0 Å². The van der Waals surface area contributed by atoms with Gasteiger partial charge in [0.05, 0.1) is 5.92 Å². The lowest BCUT2D eigenvalue weighted by Crippen LogP contribution is -2.46. The number of hydrogen-bond acceptors (Lipinski definition) is 2. The fourth-order valence-corrected chi connectivity index (χ4v) is 3.57. The predicted molar refractivity (Wildman–Crippen MR) is 98.5 cm³/mol. The Morgan fingerprint density at radius 2 is 1.92 bits per heavy atom. The number of amides is 2. The molecule has 1 heterocycles. The lowest BCUT2D eigenvalue weighted by Gasteiger charge is -2.34. The van der Waals surface area contributed by atoms with Gasteiger partial charge in [-0.1, -0.05) is 31.9 Å². The SMILES string of the molecule is CCCCC(C(=O)O)C1CCN(C(=O)NCCc2ccc(F)cc2)CC1. The summed E-state index contributed by atoms with van der Waals surface area (Å²) >= 11 is 0. The molecule has 0 spiro atoms. The zero-order chi connectivity index (χ0) is 18.9. The summed E-state index contributed by atoms with van der Waals surface area (Å²) in [7, 11) is 0. The number of nitrogens with zero attached hydrogens (tertiary/aromatic N) is 1. The van der Waals surface area contributed by atoms with Gasteiger partial charge < -0.3 is 15.3 Å². The van der Waals surface area contributed by atoms with Gasteiger partial charge in [0.2, 0.25) is 0 Å². The van der Waals surface area contributed by atoms with Crippen LogP contribution in [0.3, 0.4) is 0 Å². The Morgan fingerprint density at radius 1 is 1.27 bits per heavy atom. The van der Waals surface area contributed by atoms with E-state index in [2.05, 4.69) is 12.2 Å². The highest BCUT2D eigenvalue weighted by Crippen LogP contribution is 2.29. The van der Waals surface area contributed by atoms with Crippen molar-refractivity contribution in [3.05, 3.63) is 35.6 Å². The average molecular weight is 364 g/mol. The number of carbonyl (C=O) groups is 2. The summed E-state index contributed by atoms with van der Waals surface area (Å²) in [5.41, 5.74) is 0.977. The molecule has 5 nitrogen and oxygen atoms in total. The van der Waals surface area contributed by atoms with Crippen molar-refractivity contribution in [2.24, 2.45) is 11.8 Å². The van der Waals surface area contributed by atoms with Crippen molar-refractivity contribution in [3.63, 3.8) is 0 Å². The lowest BCUT2D eigenvalue weighted by molar-refractivity contribution is -0.144. The van der Waals surface area contributed by atoms with Gasteiger partial charge in [0.25, 0.3) is 0 Å². The largest absolute Gasteiger partial charge is 0.481 e. The molecule has 2 amide bonds. The zero-order valence-electron chi connectivity index (χ0n) is 15.4. The van der Waals surface area contributed by atoms with Crippen molar-refractivity contribution in [1.82, 2.24) is 10.2 Å². The number of carboxylic acid groups (broad SMARTS) is 1. The lowest BCUT2D eigenvalue weighted by atomic mass is 9.81. The second-order valence-corrected chi connectivity index (χ2v) is 7.02. The number of likely N-dealkylation sites (tertiary alicyclic amines) is 1. The second kappa shape index (κ2) is 10.1. The molecular weight excluding hydrogens is 335 g/mol. The van der Waals surface area contributed by atoms with Crippen molar-refractivity contribution in [3.8, 4) is 0 Å². The van der Waals surface area contributed by atoms with Crippen LogP contribution in [0.5, 0.6) is 0 Å². The molecule has 1 aromatic rings. The van der Waals surface area contributed by atoms with Crippen LogP contribution in [0.4, 0.5) is 9.18 Å². The maximum atomic E-state index is 12.9. The van der Waals surface area contributed by atoms with Gasteiger partial charge >= 0.3 is 12.0 Å². The van der Waals surface area contributed by atoms with Gasteiger partial charge in [0.15, 0.2) is 0 Å². The monoisotopic (exact) mass is 364 g/mol. The van der Waals surface area contributed by atoms with Gasteiger partial charge in [-0.15, -0.1) is 0 Å². The van der Waals surface area contributed by atoms with Crippen LogP contribution < -0.4 is 5.32 Å². The van der Waals surface area contributed by atoms with E-state index in [0.29, 0.717) is 26.1 Å². The first kappa shape index (κ1) is 20.2. The molecule has 0 bridgehead atoms. The standard InChI is InChI=1S/C20H29FN2O3/c1-2-3-4-18(19(24)25)16-10-13-23(14-11-16)20(26)22-12-9-15-5-7-17(21)8-6-15/h5-8,16,18H,2-4,9-14H2,1H3,(H,22,26)(H,24,25). The maximum Gasteiger partial charge on any atom is 0.317 e. The third-order valence-corrected chi connectivity index (χ3v) is 5.18. The van der Waals surface area contributed by atoms with E-state index in [0.717, 1.165) is 37.7 Å². The van der Waals surface area contributed by atoms with E-state index in [9.17, 15) is 19.1 Å². The van der Waals surface area contributed by atoms with Gasteiger partial charge in [0.1, 0.15) is 5.82 Å². The number of piperidine rings is 1. The molecule has 1 unspecified atom stereocenters. The van der Waals surface area contributed by atoms with Crippen molar-refractivity contribution in [2.75, 3.05) is 19.6 Å². The molecule has 1 aliphatic heterocycles. The topological polar surface area (TPSA) is 69.6 Å². The van der Waals surface area contributed by atoms with Crippen LogP contribution in [0.1, 0.15) is 44.6 Å². The van der Waals surface area contributed by atoms with E-state index < -0.39 is 5.97 Å². The minimum absolute atomic E-state index is 0.106. The number of halogens is 1. The third kappa shape index (κ3) is 6.00. The third-order valence-electron chi connectivity index (χ3n) is 5.18. The highest BCUT2D eigenvalue weighted by Gasteiger charge is 2.32. The molecule has 0 radical (unpaired) electrons. The number of benzene rings is 1. The molecule has 1 atom stereocenters. The van der Waals surface area contributed by atoms with E-state index in [1.165, 1.54) is 12.1 Å². The number of nitrogens with one attached hydrogen (secondary N) is 1. The Balaban J connectivity index is 1.73. The van der Waals surface area contributed by atoms with Crippen LogP contribution in [-0.4, -0.2) is 41.6 Å². The Labute approximate surface area is 154 Å². The molecule has 6 heteroatoms. The molecule has 0 aliphatic carbocycles. The summed E-state index contributed by atoms with van der Waals surface area (Å²) < 4.78 is 12.9. The van der Waals surface area contributed by atoms with Gasteiger partial charge in [0, 0.05) is 19.6 Å². The van der Waals surface area contributed by atoms with E-state index in [1.807, 2.05) is 0 Å². The van der Waals surface area contributed by atoms with Gasteiger partial charge in [-0.25, -0.2) is 9.18 Å². The number of urea groups is 1. The van der Waals surface area contributed by atoms with Crippen LogP contribution in [0, 0.1) is 17.7 Å². The molecule has 144 valence electrons. The quantitative estimate of drug-likeness (QED) is 0.739. The Bertz CT molecular complexity index is 583. The first-order chi connectivity index (χ1) is 12.5. The summed E-state index contributed by atoms with van der Waals surface area (Å²) in [5.74, 6) is -1.11. The molecular formula is C20H29FN2O3. The van der Waals surface area contributed by atoms with Crippen LogP contribution in [0.25, 0.3) is 0 Å². The van der Waals surface area contributed by atoms with Crippen molar-refractivity contribution >= 4 is 12.0 Å². The van der Waals surface area contributed by atoms with Crippen LogP contribution >= 0.6 is 0 Å². The number of aliphatic carboxylic acids is 1. The number of hydrogen-bond donors (Lipinski definition) is 2. The fourth-order valence-electron chi connectivity index (χ4n) is 3.57. The first-order valence-electron chi connectivity index (χ1n) is 9.51. The first-order valence-corrected chi connectivity index (χ1v) is 9.51. The van der Waals surface area contributed by atoms with Crippen molar-refractivity contribution in [2.45, 2.75) is 45.4 Å². The summed E-state index contributed by atoms with van der Waals surface area (Å²) in [4.78, 5) is 25.5. The van der Waals surface area contributed by atoms with Crippen LogP contribution in [0.2, 0.25) is 0 Å². The Hall–Kier alpha value is -2.11. The molecule has 2 rings (SSSR count). The van der Waals surface area contributed by atoms with Gasteiger partial charge in [-0.3, -0.25) is 4.79 Å².